The van der Waals surface area contributed by atoms with Gasteiger partial charge in [-0.3, -0.25) is 4.79 Å². The van der Waals surface area contributed by atoms with Crippen LogP contribution in [0.2, 0.25) is 0 Å². The van der Waals surface area contributed by atoms with Crippen molar-refractivity contribution in [3.63, 3.8) is 0 Å². The van der Waals surface area contributed by atoms with Gasteiger partial charge in [-0.05, 0) is 36.6 Å². The van der Waals surface area contributed by atoms with E-state index in [4.69, 9.17) is 10.5 Å². The summed E-state index contributed by atoms with van der Waals surface area (Å²) in [5.41, 5.74) is 7.73. The quantitative estimate of drug-likeness (QED) is 0.854. The molecule has 0 saturated carbocycles. The van der Waals surface area contributed by atoms with Crippen LogP contribution in [0.1, 0.15) is 24.5 Å². The lowest BCUT2D eigenvalue weighted by Gasteiger charge is -2.19. The Labute approximate surface area is 115 Å². The molecule has 106 valence electrons. The number of hydrogen-bond donors (Lipinski definition) is 1. The van der Waals surface area contributed by atoms with Crippen molar-refractivity contribution in [3.8, 4) is 5.75 Å². The molecule has 0 spiro atoms. The Morgan fingerprint density at radius 3 is 2.68 bits per heavy atom. The lowest BCUT2D eigenvalue weighted by molar-refractivity contribution is -0.131. The second-order valence-electron chi connectivity index (χ2n) is 5.10. The average Bonchev–Trinajstić information content (AvgIpc) is 2.38. The van der Waals surface area contributed by atoms with Crippen LogP contribution in [0.3, 0.4) is 0 Å². The molecule has 1 atom stereocenters. The fourth-order valence-electron chi connectivity index (χ4n) is 1.94. The molecule has 0 aliphatic heterocycles. The van der Waals surface area contributed by atoms with Gasteiger partial charge in [-0.15, -0.1) is 0 Å². The van der Waals surface area contributed by atoms with E-state index in [1.165, 1.54) is 0 Å². The first kappa shape index (κ1) is 15.5. The van der Waals surface area contributed by atoms with Crippen LogP contribution in [0.4, 0.5) is 0 Å². The van der Waals surface area contributed by atoms with Gasteiger partial charge in [0, 0.05) is 20.0 Å². The molecule has 0 radical (unpaired) electrons. The van der Waals surface area contributed by atoms with Crippen molar-refractivity contribution in [2.45, 2.75) is 26.8 Å². The summed E-state index contributed by atoms with van der Waals surface area (Å²) in [6.45, 7) is 5.14. The molecule has 4 heteroatoms. The molecule has 19 heavy (non-hydrogen) atoms. The summed E-state index contributed by atoms with van der Waals surface area (Å²) in [6, 6.07) is 5.97. The first-order valence-electron chi connectivity index (χ1n) is 6.55. The third kappa shape index (κ3) is 4.56. The minimum Gasteiger partial charge on any atom is -0.496 e. The molecule has 1 unspecified atom stereocenters. The Kier molecular flexibility index (Phi) is 5.83. The van der Waals surface area contributed by atoms with Crippen LogP contribution in [0.5, 0.6) is 5.75 Å². The van der Waals surface area contributed by atoms with E-state index in [-0.39, 0.29) is 11.8 Å². The Balaban J connectivity index is 2.63. The van der Waals surface area contributed by atoms with E-state index in [0.29, 0.717) is 19.5 Å². The number of methoxy groups -OCH3 is 1. The van der Waals surface area contributed by atoms with Crippen LogP contribution >= 0.6 is 0 Å². The smallest absolute Gasteiger partial charge is 0.222 e. The molecule has 0 aromatic heterocycles. The number of nitrogens with two attached hydrogens (primary N) is 1. The molecule has 1 amide bonds. The van der Waals surface area contributed by atoms with E-state index in [1.54, 1.807) is 12.0 Å². The van der Waals surface area contributed by atoms with Crippen molar-refractivity contribution < 1.29 is 9.53 Å². The topological polar surface area (TPSA) is 55.6 Å². The molecule has 0 saturated heterocycles. The summed E-state index contributed by atoms with van der Waals surface area (Å²) in [4.78, 5) is 13.7. The Morgan fingerprint density at radius 2 is 2.16 bits per heavy atom. The molecule has 0 fully saturated rings. The first-order valence-corrected chi connectivity index (χ1v) is 6.55. The molecule has 4 nitrogen and oxygen atoms in total. The Bertz CT molecular complexity index is 432. The number of rotatable bonds is 6. The number of carbonyl (C=O) groups excluding carboxylic acids is 1. The number of hydrogen-bond acceptors (Lipinski definition) is 3. The molecule has 1 aromatic carbocycles. The zero-order valence-corrected chi connectivity index (χ0v) is 12.3. The second kappa shape index (κ2) is 7.14. The van der Waals surface area contributed by atoms with E-state index in [1.807, 2.05) is 33.0 Å². The van der Waals surface area contributed by atoms with Gasteiger partial charge in [-0.2, -0.15) is 0 Å². The Morgan fingerprint density at radius 1 is 1.47 bits per heavy atom. The van der Waals surface area contributed by atoms with Gasteiger partial charge in [0.1, 0.15) is 5.75 Å². The van der Waals surface area contributed by atoms with Crippen molar-refractivity contribution in [3.05, 3.63) is 29.3 Å². The highest BCUT2D eigenvalue weighted by atomic mass is 16.5. The molecule has 2 N–H and O–H groups in total. The van der Waals surface area contributed by atoms with Gasteiger partial charge in [0.05, 0.1) is 7.11 Å². The highest BCUT2D eigenvalue weighted by molar-refractivity contribution is 5.76. The molecule has 0 heterocycles. The zero-order valence-electron chi connectivity index (χ0n) is 12.3. The summed E-state index contributed by atoms with van der Waals surface area (Å²) in [6.07, 6.45) is 0.502. The van der Waals surface area contributed by atoms with Crippen LogP contribution < -0.4 is 10.5 Å². The number of benzene rings is 1. The fraction of sp³-hybridized carbons (Fsp3) is 0.533. The molecule has 0 bridgehead atoms. The van der Waals surface area contributed by atoms with Crippen molar-refractivity contribution in [1.82, 2.24) is 4.90 Å². The first-order chi connectivity index (χ1) is 8.97. The highest BCUT2D eigenvalue weighted by Crippen LogP contribution is 2.19. The van der Waals surface area contributed by atoms with Gasteiger partial charge in [-0.25, -0.2) is 0 Å². The van der Waals surface area contributed by atoms with E-state index >= 15 is 0 Å². The minimum atomic E-state index is 0.131. The highest BCUT2D eigenvalue weighted by Gasteiger charge is 2.13. The van der Waals surface area contributed by atoms with Crippen molar-refractivity contribution in [2.75, 3.05) is 20.7 Å². The van der Waals surface area contributed by atoms with Crippen molar-refractivity contribution in [1.29, 1.82) is 0 Å². The third-order valence-electron chi connectivity index (χ3n) is 3.23. The van der Waals surface area contributed by atoms with E-state index < -0.39 is 0 Å². The SMILES string of the molecule is COc1ccc(CN(C)C(=O)CC(C)CN)cc1C. The van der Waals surface area contributed by atoms with Gasteiger partial charge in [-0.1, -0.05) is 19.1 Å². The summed E-state index contributed by atoms with van der Waals surface area (Å²) < 4.78 is 5.23. The summed E-state index contributed by atoms with van der Waals surface area (Å²) in [7, 11) is 3.48. The normalized spacial score (nSPS) is 12.1. The molecule has 0 aliphatic carbocycles. The molecule has 0 aliphatic rings. The lowest BCUT2D eigenvalue weighted by Crippen LogP contribution is -2.29. The van der Waals surface area contributed by atoms with Crippen LogP contribution in [-0.4, -0.2) is 31.5 Å². The fourth-order valence-corrected chi connectivity index (χ4v) is 1.94. The molecular formula is C15H24N2O2. The molecular weight excluding hydrogens is 240 g/mol. The third-order valence-corrected chi connectivity index (χ3v) is 3.23. The predicted octanol–water partition coefficient (Wildman–Crippen LogP) is 1.95. The van der Waals surface area contributed by atoms with E-state index in [0.717, 1.165) is 16.9 Å². The van der Waals surface area contributed by atoms with Crippen molar-refractivity contribution in [2.24, 2.45) is 11.7 Å². The summed E-state index contributed by atoms with van der Waals surface area (Å²) >= 11 is 0. The van der Waals surface area contributed by atoms with Gasteiger partial charge < -0.3 is 15.4 Å². The number of aryl methyl sites for hydroxylation is 1. The number of ether oxygens (including phenoxy) is 1. The van der Waals surface area contributed by atoms with Crippen LogP contribution in [0.25, 0.3) is 0 Å². The van der Waals surface area contributed by atoms with Crippen molar-refractivity contribution >= 4 is 5.91 Å². The summed E-state index contributed by atoms with van der Waals surface area (Å²) in [5, 5.41) is 0. The van der Waals surface area contributed by atoms with Gasteiger partial charge in [0.2, 0.25) is 5.91 Å². The maximum atomic E-state index is 12.0. The number of nitrogens with zero attached hydrogens (tertiary/aromatic N) is 1. The monoisotopic (exact) mass is 264 g/mol. The van der Waals surface area contributed by atoms with Crippen LogP contribution in [0, 0.1) is 12.8 Å². The van der Waals surface area contributed by atoms with Gasteiger partial charge in [0.25, 0.3) is 0 Å². The maximum absolute atomic E-state index is 12.0. The van der Waals surface area contributed by atoms with Crippen LogP contribution in [-0.2, 0) is 11.3 Å². The largest absolute Gasteiger partial charge is 0.496 e. The van der Waals surface area contributed by atoms with Gasteiger partial charge in [0.15, 0.2) is 0 Å². The zero-order chi connectivity index (χ0) is 14.4. The minimum absolute atomic E-state index is 0.131. The average molecular weight is 264 g/mol. The maximum Gasteiger partial charge on any atom is 0.222 e. The second-order valence-corrected chi connectivity index (χ2v) is 5.10. The van der Waals surface area contributed by atoms with Gasteiger partial charge >= 0.3 is 0 Å². The van der Waals surface area contributed by atoms with E-state index in [9.17, 15) is 4.79 Å². The number of amides is 1. The predicted molar refractivity (Wildman–Crippen MR) is 77.0 cm³/mol. The van der Waals surface area contributed by atoms with Crippen LogP contribution in [0.15, 0.2) is 18.2 Å². The standard InChI is InChI=1S/C15H24N2O2/c1-11(9-16)7-15(18)17(3)10-13-5-6-14(19-4)12(2)8-13/h5-6,8,11H,7,9-10,16H2,1-4H3. The van der Waals surface area contributed by atoms with E-state index in [2.05, 4.69) is 6.07 Å². The Hall–Kier alpha value is -1.55. The molecule has 1 rings (SSSR count). The lowest BCUT2D eigenvalue weighted by atomic mass is 10.1. The molecule has 1 aromatic rings. The summed E-state index contributed by atoms with van der Waals surface area (Å²) in [5.74, 6) is 1.23. The number of carbonyl (C=O) groups is 1.